The van der Waals surface area contributed by atoms with Crippen molar-refractivity contribution in [3.8, 4) is 0 Å². The van der Waals surface area contributed by atoms with Crippen LogP contribution in [0, 0.1) is 6.92 Å². The minimum atomic E-state index is 0.0196. The lowest BCUT2D eigenvalue weighted by Crippen LogP contribution is -2.25. The van der Waals surface area contributed by atoms with E-state index in [1.54, 1.807) is 24.3 Å². The number of H-pyrrole nitrogens is 1. The van der Waals surface area contributed by atoms with Crippen LogP contribution >= 0.6 is 0 Å². The van der Waals surface area contributed by atoms with E-state index in [1.165, 1.54) is 0 Å². The van der Waals surface area contributed by atoms with E-state index in [-0.39, 0.29) is 5.91 Å². The van der Waals surface area contributed by atoms with E-state index in [0.717, 1.165) is 11.1 Å². The summed E-state index contributed by atoms with van der Waals surface area (Å²) in [5.41, 5.74) is 2.86. The molecule has 0 saturated heterocycles. The van der Waals surface area contributed by atoms with E-state index in [0.29, 0.717) is 12.1 Å². The lowest BCUT2D eigenvalue weighted by molar-refractivity contribution is 0.0785. The van der Waals surface area contributed by atoms with E-state index in [2.05, 4.69) is 10.2 Å². The average Bonchev–Trinajstić information content (AvgIpc) is 2.82. The number of carbonyl (C=O) groups excluding carboxylic acids is 1. The molecule has 0 aliphatic rings. The molecule has 1 aromatic carbocycles. The molecule has 17 heavy (non-hydrogen) atoms. The second kappa shape index (κ2) is 4.82. The highest BCUT2D eigenvalue weighted by Gasteiger charge is 2.11. The number of benzene rings is 1. The number of nitrogens with zero attached hydrogens (tertiary/aromatic N) is 2. The number of hydrogen-bond acceptors (Lipinski definition) is 2. The number of hydrogen-bond donors (Lipinski definition) is 1. The van der Waals surface area contributed by atoms with Crippen LogP contribution in [0.5, 0.6) is 0 Å². The number of aromatic nitrogens is 2. The van der Waals surface area contributed by atoms with Crippen molar-refractivity contribution in [1.82, 2.24) is 15.1 Å². The van der Waals surface area contributed by atoms with Crippen LogP contribution in [0.3, 0.4) is 0 Å². The molecule has 4 nitrogen and oxygen atoms in total. The Morgan fingerprint density at radius 3 is 2.65 bits per heavy atom. The molecule has 1 aromatic heterocycles. The van der Waals surface area contributed by atoms with Gasteiger partial charge in [0.15, 0.2) is 0 Å². The fourth-order valence-corrected chi connectivity index (χ4v) is 1.63. The van der Waals surface area contributed by atoms with Gasteiger partial charge >= 0.3 is 0 Å². The molecule has 0 aliphatic carbocycles. The van der Waals surface area contributed by atoms with E-state index >= 15 is 0 Å². The molecule has 2 rings (SSSR count). The molecule has 0 radical (unpaired) electrons. The third-order valence-electron chi connectivity index (χ3n) is 2.62. The first kappa shape index (κ1) is 11.4. The first-order valence-electron chi connectivity index (χ1n) is 5.46. The van der Waals surface area contributed by atoms with E-state index in [9.17, 15) is 4.79 Å². The third-order valence-corrected chi connectivity index (χ3v) is 2.62. The van der Waals surface area contributed by atoms with Gasteiger partial charge in [-0.25, -0.2) is 0 Å². The van der Waals surface area contributed by atoms with Crippen molar-refractivity contribution in [2.24, 2.45) is 0 Å². The van der Waals surface area contributed by atoms with Crippen molar-refractivity contribution in [1.29, 1.82) is 0 Å². The molecule has 1 heterocycles. The van der Waals surface area contributed by atoms with Crippen molar-refractivity contribution in [3.63, 3.8) is 0 Å². The molecular weight excluding hydrogens is 214 g/mol. The highest BCUT2D eigenvalue weighted by atomic mass is 16.2. The maximum absolute atomic E-state index is 12.1. The fraction of sp³-hybridized carbons (Fsp3) is 0.231. The maximum Gasteiger partial charge on any atom is 0.253 e. The van der Waals surface area contributed by atoms with E-state index < -0.39 is 0 Å². The van der Waals surface area contributed by atoms with E-state index in [4.69, 9.17) is 0 Å². The summed E-state index contributed by atoms with van der Waals surface area (Å²) in [6.45, 7) is 2.56. The van der Waals surface area contributed by atoms with Crippen LogP contribution in [0.4, 0.5) is 0 Å². The zero-order chi connectivity index (χ0) is 12.3. The minimum absolute atomic E-state index is 0.0196. The summed E-state index contributed by atoms with van der Waals surface area (Å²) in [6, 6.07) is 7.59. The molecule has 0 unspecified atom stereocenters. The van der Waals surface area contributed by atoms with E-state index in [1.807, 2.05) is 31.2 Å². The van der Waals surface area contributed by atoms with Crippen molar-refractivity contribution >= 4 is 5.91 Å². The Hall–Kier alpha value is -2.10. The summed E-state index contributed by atoms with van der Waals surface area (Å²) in [4.78, 5) is 13.8. The molecule has 0 bridgehead atoms. The summed E-state index contributed by atoms with van der Waals surface area (Å²) < 4.78 is 0. The van der Waals surface area contributed by atoms with Crippen molar-refractivity contribution in [2.45, 2.75) is 13.5 Å². The number of nitrogens with one attached hydrogen (secondary N) is 1. The Labute approximate surface area is 100 Å². The van der Waals surface area contributed by atoms with Gasteiger partial charge in [0.2, 0.25) is 0 Å². The van der Waals surface area contributed by atoms with Crippen molar-refractivity contribution in [3.05, 3.63) is 53.3 Å². The zero-order valence-electron chi connectivity index (χ0n) is 9.97. The molecule has 1 N–H and O–H groups in total. The standard InChI is InChI=1S/C13H15N3O/c1-10-3-5-12(6-4-10)13(17)16(2)9-11-7-14-15-8-11/h3-8H,9H2,1-2H3,(H,14,15). The Balaban J connectivity index is 2.07. The first-order chi connectivity index (χ1) is 8.16. The smallest absolute Gasteiger partial charge is 0.253 e. The summed E-state index contributed by atoms with van der Waals surface area (Å²) in [5.74, 6) is 0.0196. The number of aryl methyl sites for hydroxylation is 1. The number of amides is 1. The molecule has 88 valence electrons. The van der Waals surface area contributed by atoms with Crippen LogP contribution in [-0.4, -0.2) is 28.1 Å². The average molecular weight is 229 g/mol. The van der Waals surface area contributed by atoms with Gasteiger partial charge in [0.1, 0.15) is 0 Å². The number of carbonyl (C=O) groups is 1. The van der Waals surface area contributed by atoms with Gasteiger partial charge in [-0.05, 0) is 19.1 Å². The normalized spacial score (nSPS) is 10.2. The van der Waals surface area contributed by atoms with Crippen LogP contribution in [0.15, 0.2) is 36.7 Å². The second-order valence-corrected chi connectivity index (χ2v) is 4.13. The van der Waals surface area contributed by atoms with Crippen LogP contribution < -0.4 is 0 Å². The van der Waals surface area contributed by atoms with Gasteiger partial charge in [0.25, 0.3) is 5.91 Å². The second-order valence-electron chi connectivity index (χ2n) is 4.13. The molecule has 0 atom stereocenters. The predicted molar refractivity (Wildman–Crippen MR) is 65.6 cm³/mol. The molecule has 0 spiro atoms. The van der Waals surface area contributed by atoms with Crippen molar-refractivity contribution in [2.75, 3.05) is 7.05 Å². The van der Waals surface area contributed by atoms with Gasteiger partial charge in [-0.15, -0.1) is 0 Å². The molecule has 0 fully saturated rings. The zero-order valence-corrected chi connectivity index (χ0v) is 9.97. The maximum atomic E-state index is 12.1. The monoisotopic (exact) mass is 229 g/mol. The Kier molecular flexibility index (Phi) is 3.23. The molecule has 2 aromatic rings. The SMILES string of the molecule is Cc1ccc(C(=O)N(C)Cc2cn[nH]c2)cc1. The molecule has 4 heteroatoms. The Bertz CT molecular complexity index is 488. The number of aromatic amines is 1. The largest absolute Gasteiger partial charge is 0.337 e. The third kappa shape index (κ3) is 2.72. The fourth-order valence-electron chi connectivity index (χ4n) is 1.63. The van der Waals surface area contributed by atoms with Gasteiger partial charge in [-0.2, -0.15) is 5.10 Å². The van der Waals surface area contributed by atoms with Crippen LogP contribution in [-0.2, 0) is 6.54 Å². The van der Waals surface area contributed by atoms with Gasteiger partial charge in [0, 0.05) is 30.9 Å². The Morgan fingerprint density at radius 2 is 2.06 bits per heavy atom. The van der Waals surface area contributed by atoms with Gasteiger partial charge in [-0.1, -0.05) is 17.7 Å². The topological polar surface area (TPSA) is 49.0 Å². The summed E-state index contributed by atoms with van der Waals surface area (Å²) in [6.07, 6.45) is 3.51. The van der Waals surface area contributed by atoms with Gasteiger partial charge in [-0.3, -0.25) is 9.89 Å². The minimum Gasteiger partial charge on any atom is -0.337 e. The summed E-state index contributed by atoms with van der Waals surface area (Å²) in [5, 5.41) is 6.59. The van der Waals surface area contributed by atoms with Gasteiger partial charge in [0.05, 0.1) is 6.20 Å². The summed E-state index contributed by atoms with van der Waals surface area (Å²) >= 11 is 0. The Morgan fingerprint density at radius 1 is 1.35 bits per heavy atom. The lowest BCUT2D eigenvalue weighted by Gasteiger charge is -2.16. The van der Waals surface area contributed by atoms with Crippen LogP contribution in [0.2, 0.25) is 0 Å². The van der Waals surface area contributed by atoms with Crippen LogP contribution in [0.1, 0.15) is 21.5 Å². The molecule has 0 saturated carbocycles. The number of rotatable bonds is 3. The highest BCUT2D eigenvalue weighted by molar-refractivity contribution is 5.94. The quantitative estimate of drug-likeness (QED) is 0.875. The van der Waals surface area contributed by atoms with Gasteiger partial charge < -0.3 is 4.90 Å². The first-order valence-corrected chi connectivity index (χ1v) is 5.46. The van der Waals surface area contributed by atoms with Crippen molar-refractivity contribution < 1.29 is 4.79 Å². The summed E-state index contributed by atoms with van der Waals surface area (Å²) in [7, 11) is 1.79. The molecule has 0 aliphatic heterocycles. The lowest BCUT2D eigenvalue weighted by atomic mass is 10.1. The van der Waals surface area contributed by atoms with Crippen LogP contribution in [0.25, 0.3) is 0 Å². The highest BCUT2D eigenvalue weighted by Crippen LogP contribution is 2.08. The predicted octanol–water partition coefficient (Wildman–Crippen LogP) is 1.99. The molecular formula is C13H15N3O. The molecule has 1 amide bonds.